The second-order valence-corrected chi connectivity index (χ2v) is 6.68. The fourth-order valence-corrected chi connectivity index (χ4v) is 3.66. The van der Waals surface area contributed by atoms with E-state index in [1.54, 1.807) is 0 Å². The van der Waals surface area contributed by atoms with Crippen LogP contribution in [0.3, 0.4) is 0 Å². The van der Waals surface area contributed by atoms with Crippen molar-refractivity contribution in [2.24, 2.45) is 5.84 Å². The van der Waals surface area contributed by atoms with Crippen LogP contribution in [0.5, 0.6) is 0 Å². The summed E-state index contributed by atoms with van der Waals surface area (Å²) in [5.74, 6) is 7.98. The van der Waals surface area contributed by atoms with Crippen LogP contribution in [0.1, 0.15) is 44.0 Å². The zero-order chi connectivity index (χ0) is 14.6. The van der Waals surface area contributed by atoms with Crippen molar-refractivity contribution in [3.05, 3.63) is 11.4 Å². The summed E-state index contributed by atoms with van der Waals surface area (Å²) in [6.45, 7) is 5.01. The molecular formula is C14H25N5S. The zero-order valence-electron chi connectivity index (χ0n) is 12.6. The van der Waals surface area contributed by atoms with Gasteiger partial charge in [-0.1, -0.05) is 19.8 Å². The molecule has 1 aliphatic carbocycles. The van der Waals surface area contributed by atoms with E-state index in [0.717, 1.165) is 30.2 Å². The van der Waals surface area contributed by atoms with Gasteiger partial charge in [-0.3, -0.25) is 0 Å². The van der Waals surface area contributed by atoms with E-state index in [1.165, 1.54) is 25.7 Å². The van der Waals surface area contributed by atoms with Gasteiger partial charge in [0.05, 0.1) is 0 Å². The molecule has 5 nitrogen and oxygen atoms in total. The van der Waals surface area contributed by atoms with Gasteiger partial charge in [-0.25, -0.2) is 15.8 Å². The van der Waals surface area contributed by atoms with Gasteiger partial charge in [0.2, 0.25) is 0 Å². The van der Waals surface area contributed by atoms with Gasteiger partial charge in [0.1, 0.15) is 17.5 Å². The minimum Gasteiger partial charge on any atom is -0.368 e. The van der Waals surface area contributed by atoms with E-state index in [2.05, 4.69) is 33.9 Å². The monoisotopic (exact) mass is 295 g/mol. The number of anilines is 2. The SMILES string of the molecule is CCc1nc(NN)c(C)c(NCC2(SC)CCCC2)n1. The van der Waals surface area contributed by atoms with E-state index in [4.69, 9.17) is 5.84 Å². The summed E-state index contributed by atoms with van der Waals surface area (Å²) in [4.78, 5) is 8.99. The predicted octanol–water partition coefficient (Wildman–Crippen LogP) is 2.72. The van der Waals surface area contributed by atoms with Crippen molar-refractivity contribution in [2.75, 3.05) is 23.5 Å². The molecule has 1 aliphatic rings. The van der Waals surface area contributed by atoms with Crippen molar-refractivity contribution in [1.29, 1.82) is 0 Å². The molecule has 0 saturated heterocycles. The molecule has 4 N–H and O–H groups in total. The molecule has 0 spiro atoms. The van der Waals surface area contributed by atoms with Crippen LogP contribution in [0.4, 0.5) is 11.6 Å². The molecule has 1 aromatic heterocycles. The first-order chi connectivity index (χ1) is 9.64. The van der Waals surface area contributed by atoms with Gasteiger partial charge in [0.25, 0.3) is 0 Å². The average molecular weight is 295 g/mol. The summed E-state index contributed by atoms with van der Waals surface area (Å²) in [6, 6.07) is 0. The Morgan fingerprint density at radius 2 is 1.90 bits per heavy atom. The maximum Gasteiger partial charge on any atom is 0.148 e. The van der Waals surface area contributed by atoms with Crippen molar-refractivity contribution in [1.82, 2.24) is 9.97 Å². The minimum absolute atomic E-state index is 0.361. The number of hydrazine groups is 1. The highest BCUT2D eigenvalue weighted by molar-refractivity contribution is 8.00. The van der Waals surface area contributed by atoms with Gasteiger partial charge in [-0.2, -0.15) is 11.8 Å². The van der Waals surface area contributed by atoms with Crippen molar-refractivity contribution in [3.63, 3.8) is 0 Å². The lowest BCUT2D eigenvalue weighted by Gasteiger charge is -2.27. The number of hydrogen-bond donors (Lipinski definition) is 3. The van der Waals surface area contributed by atoms with E-state index in [-0.39, 0.29) is 0 Å². The Balaban J connectivity index is 2.16. The minimum atomic E-state index is 0.361. The number of thioether (sulfide) groups is 1. The normalized spacial score (nSPS) is 17.2. The first-order valence-electron chi connectivity index (χ1n) is 7.27. The fraction of sp³-hybridized carbons (Fsp3) is 0.714. The Labute approximate surface area is 125 Å². The van der Waals surface area contributed by atoms with Gasteiger partial charge in [0, 0.05) is 23.3 Å². The molecule has 112 valence electrons. The summed E-state index contributed by atoms with van der Waals surface area (Å²) < 4.78 is 0.361. The van der Waals surface area contributed by atoms with Gasteiger partial charge in [0.15, 0.2) is 0 Å². The molecule has 0 amide bonds. The summed E-state index contributed by atoms with van der Waals surface area (Å²) in [6.07, 6.45) is 8.26. The number of rotatable bonds is 6. The second-order valence-electron chi connectivity index (χ2n) is 5.41. The van der Waals surface area contributed by atoms with Crippen molar-refractivity contribution >= 4 is 23.4 Å². The van der Waals surface area contributed by atoms with Gasteiger partial charge in [-0.05, 0) is 26.0 Å². The molecule has 0 bridgehead atoms. The Kier molecular flexibility index (Phi) is 5.10. The highest BCUT2D eigenvalue weighted by Crippen LogP contribution is 2.40. The maximum atomic E-state index is 5.54. The Morgan fingerprint density at radius 3 is 2.45 bits per heavy atom. The molecule has 1 fully saturated rings. The summed E-state index contributed by atoms with van der Waals surface area (Å²) in [7, 11) is 0. The molecule has 0 atom stereocenters. The van der Waals surface area contributed by atoms with E-state index in [9.17, 15) is 0 Å². The molecule has 6 heteroatoms. The summed E-state index contributed by atoms with van der Waals surface area (Å²) in [5, 5.41) is 3.53. The Bertz CT molecular complexity index is 457. The number of aryl methyl sites for hydroxylation is 1. The second kappa shape index (κ2) is 6.63. The topological polar surface area (TPSA) is 75.9 Å². The maximum absolute atomic E-state index is 5.54. The molecular weight excluding hydrogens is 270 g/mol. The smallest absolute Gasteiger partial charge is 0.148 e. The van der Waals surface area contributed by atoms with E-state index < -0.39 is 0 Å². The number of hydrogen-bond acceptors (Lipinski definition) is 6. The van der Waals surface area contributed by atoms with Crippen LogP contribution < -0.4 is 16.6 Å². The van der Waals surface area contributed by atoms with Crippen LogP contribution in [0, 0.1) is 6.92 Å². The highest BCUT2D eigenvalue weighted by Gasteiger charge is 2.33. The van der Waals surface area contributed by atoms with Crippen molar-refractivity contribution in [3.8, 4) is 0 Å². The lowest BCUT2D eigenvalue weighted by atomic mass is 10.1. The van der Waals surface area contributed by atoms with Crippen LogP contribution in [0.25, 0.3) is 0 Å². The molecule has 0 aliphatic heterocycles. The van der Waals surface area contributed by atoms with E-state index in [0.29, 0.717) is 10.6 Å². The van der Waals surface area contributed by atoms with Crippen LogP contribution in [-0.2, 0) is 6.42 Å². The molecule has 0 unspecified atom stereocenters. The lowest BCUT2D eigenvalue weighted by molar-refractivity contribution is 0.638. The van der Waals surface area contributed by atoms with Crippen LogP contribution in [0.15, 0.2) is 0 Å². The first-order valence-corrected chi connectivity index (χ1v) is 8.50. The van der Waals surface area contributed by atoms with Crippen LogP contribution >= 0.6 is 11.8 Å². The van der Waals surface area contributed by atoms with E-state index in [1.807, 2.05) is 18.7 Å². The number of nitrogen functional groups attached to an aromatic ring is 1. The third-order valence-electron chi connectivity index (χ3n) is 4.17. The average Bonchev–Trinajstić information content (AvgIpc) is 2.95. The summed E-state index contributed by atoms with van der Waals surface area (Å²) in [5.41, 5.74) is 3.65. The number of nitrogens with zero attached hydrogens (tertiary/aromatic N) is 2. The molecule has 0 aromatic carbocycles. The Hall–Kier alpha value is -1.01. The molecule has 0 radical (unpaired) electrons. The third-order valence-corrected chi connectivity index (χ3v) is 5.59. The third kappa shape index (κ3) is 3.17. The van der Waals surface area contributed by atoms with Gasteiger partial charge in [-0.15, -0.1) is 0 Å². The number of aromatic nitrogens is 2. The van der Waals surface area contributed by atoms with Crippen LogP contribution in [-0.4, -0.2) is 27.5 Å². The van der Waals surface area contributed by atoms with Gasteiger partial charge >= 0.3 is 0 Å². The quantitative estimate of drug-likeness (QED) is 0.553. The molecule has 2 rings (SSSR count). The molecule has 1 aromatic rings. The predicted molar refractivity (Wildman–Crippen MR) is 87.2 cm³/mol. The zero-order valence-corrected chi connectivity index (χ0v) is 13.4. The molecule has 1 heterocycles. The largest absolute Gasteiger partial charge is 0.368 e. The molecule has 1 saturated carbocycles. The summed E-state index contributed by atoms with van der Waals surface area (Å²) >= 11 is 1.98. The first kappa shape index (κ1) is 15.4. The standard InChI is InChI=1S/C14H25N5S/c1-4-11-17-12(10(2)13(18-11)19-15)16-9-14(20-3)7-5-6-8-14/h4-9,15H2,1-3H3,(H2,16,17,18,19). The Morgan fingerprint density at radius 1 is 1.25 bits per heavy atom. The fourth-order valence-electron chi connectivity index (χ4n) is 2.75. The van der Waals surface area contributed by atoms with Crippen molar-refractivity contribution in [2.45, 2.75) is 50.7 Å². The van der Waals surface area contributed by atoms with Crippen molar-refractivity contribution < 1.29 is 0 Å². The lowest BCUT2D eigenvalue weighted by Crippen LogP contribution is -2.30. The van der Waals surface area contributed by atoms with Crippen LogP contribution in [0.2, 0.25) is 0 Å². The number of nitrogens with one attached hydrogen (secondary N) is 2. The molecule has 20 heavy (non-hydrogen) atoms. The highest BCUT2D eigenvalue weighted by atomic mass is 32.2. The number of nitrogens with two attached hydrogens (primary N) is 1. The van der Waals surface area contributed by atoms with E-state index >= 15 is 0 Å². The van der Waals surface area contributed by atoms with Gasteiger partial charge < -0.3 is 10.7 Å².